The average Bonchev–Trinajstić information content (AvgIpc) is 2.70. The van der Waals surface area contributed by atoms with Gasteiger partial charge in [-0.15, -0.1) is 11.8 Å². The Balaban J connectivity index is 1.85. The number of hydrogen-bond acceptors (Lipinski definition) is 5. The van der Waals surface area contributed by atoms with Crippen LogP contribution in [0.3, 0.4) is 0 Å². The van der Waals surface area contributed by atoms with E-state index in [9.17, 15) is 18.0 Å². The summed E-state index contributed by atoms with van der Waals surface area (Å²) in [5.74, 6) is 0.742. The number of esters is 1. The Kier molecular flexibility index (Phi) is 9.13. The van der Waals surface area contributed by atoms with Gasteiger partial charge in [0, 0.05) is 10.6 Å². The minimum Gasteiger partial charge on any atom is -0.489 e. The Labute approximate surface area is 188 Å². The van der Waals surface area contributed by atoms with E-state index in [1.165, 1.54) is 17.8 Å². The molecule has 168 valence electrons. The van der Waals surface area contributed by atoms with E-state index in [1.807, 2.05) is 19.1 Å². The largest absolute Gasteiger partial charge is 0.489 e. The van der Waals surface area contributed by atoms with Gasteiger partial charge < -0.3 is 14.2 Å². The van der Waals surface area contributed by atoms with Crippen molar-refractivity contribution >= 4 is 29.3 Å². The van der Waals surface area contributed by atoms with Crippen molar-refractivity contribution in [2.75, 3.05) is 25.6 Å². The third-order valence-electron chi connectivity index (χ3n) is 3.93. The fraction of sp³-hybridized carbons (Fsp3) is 0.318. The summed E-state index contributed by atoms with van der Waals surface area (Å²) in [5.41, 5.74) is 0.623. The van der Waals surface area contributed by atoms with Gasteiger partial charge in [-0.05, 0) is 61.4 Å². The number of ether oxygens (including phenoxy) is 3. The molecule has 0 aliphatic rings. The minimum atomic E-state index is -4.55. The first kappa shape index (κ1) is 24.9. The molecule has 0 unspecified atom stereocenters. The first-order chi connectivity index (χ1) is 14.6. The lowest BCUT2D eigenvalue weighted by Gasteiger charge is -2.13. The van der Waals surface area contributed by atoms with E-state index >= 15 is 0 Å². The third kappa shape index (κ3) is 8.03. The second-order valence-electron chi connectivity index (χ2n) is 6.49. The number of benzene rings is 2. The molecular weight excluding hydrogens is 453 g/mol. The molecule has 0 N–H and O–H groups in total. The van der Waals surface area contributed by atoms with E-state index in [0.717, 1.165) is 22.6 Å². The Bertz CT molecular complexity index is 931. The number of alkyl halides is 3. The maximum absolute atomic E-state index is 12.9. The molecule has 0 aliphatic carbocycles. The van der Waals surface area contributed by atoms with Gasteiger partial charge in [0.15, 0.2) is 6.61 Å². The summed E-state index contributed by atoms with van der Waals surface area (Å²) in [6, 6.07) is 8.95. The van der Waals surface area contributed by atoms with Crippen molar-refractivity contribution in [3.8, 4) is 11.5 Å². The van der Waals surface area contributed by atoms with Gasteiger partial charge in [-0.2, -0.15) is 13.2 Å². The van der Waals surface area contributed by atoms with E-state index in [1.54, 1.807) is 13.0 Å². The highest BCUT2D eigenvalue weighted by Gasteiger charge is 2.33. The van der Waals surface area contributed by atoms with E-state index < -0.39 is 17.7 Å². The quantitative estimate of drug-likeness (QED) is 0.228. The molecule has 0 atom stereocenters. The molecule has 0 saturated heterocycles. The predicted octanol–water partition coefficient (Wildman–Crippen LogP) is 6.34. The van der Waals surface area contributed by atoms with Crippen LogP contribution in [0.4, 0.5) is 13.2 Å². The van der Waals surface area contributed by atoms with Gasteiger partial charge in [0.05, 0.1) is 17.2 Å². The van der Waals surface area contributed by atoms with Crippen molar-refractivity contribution in [1.82, 2.24) is 0 Å². The molecule has 9 heteroatoms. The summed E-state index contributed by atoms with van der Waals surface area (Å²) >= 11 is 7.11. The molecule has 0 saturated carbocycles. The monoisotopic (exact) mass is 474 g/mol. The lowest BCUT2D eigenvalue weighted by Crippen LogP contribution is -2.14. The van der Waals surface area contributed by atoms with Crippen LogP contribution in [-0.2, 0) is 15.7 Å². The molecule has 0 aliphatic heterocycles. The Morgan fingerprint density at radius 3 is 2.52 bits per heavy atom. The van der Waals surface area contributed by atoms with Crippen LogP contribution >= 0.6 is 23.4 Å². The van der Waals surface area contributed by atoms with Crippen molar-refractivity contribution in [3.63, 3.8) is 0 Å². The lowest BCUT2D eigenvalue weighted by atomic mass is 10.2. The number of rotatable bonds is 10. The van der Waals surface area contributed by atoms with Crippen LogP contribution in [0.5, 0.6) is 11.5 Å². The van der Waals surface area contributed by atoms with Crippen LogP contribution < -0.4 is 9.47 Å². The van der Waals surface area contributed by atoms with Gasteiger partial charge in [0.1, 0.15) is 18.1 Å². The number of carbonyl (C=O) groups is 1. The Morgan fingerprint density at radius 2 is 1.87 bits per heavy atom. The van der Waals surface area contributed by atoms with Crippen LogP contribution in [0.15, 0.2) is 53.4 Å². The maximum atomic E-state index is 12.9. The maximum Gasteiger partial charge on any atom is 0.417 e. The molecule has 2 aromatic carbocycles. The normalized spacial score (nSPS) is 11.2. The lowest BCUT2D eigenvalue weighted by molar-refractivity contribution is -0.145. The zero-order valence-corrected chi connectivity index (χ0v) is 18.6. The number of carbonyl (C=O) groups excluding carboxylic acids is 1. The van der Waals surface area contributed by atoms with Crippen LogP contribution in [-0.4, -0.2) is 31.5 Å². The summed E-state index contributed by atoms with van der Waals surface area (Å²) < 4.78 is 54.5. The molecule has 4 nitrogen and oxygen atoms in total. The number of thioether (sulfide) groups is 1. The summed E-state index contributed by atoms with van der Waals surface area (Å²) in [4.78, 5) is 12.3. The summed E-state index contributed by atoms with van der Waals surface area (Å²) in [6.07, 6.45) is -4.55. The predicted molar refractivity (Wildman–Crippen MR) is 115 cm³/mol. The molecule has 2 rings (SSSR count). The third-order valence-corrected chi connectivity index (χ3v) is 5.40. The van der Waals surface area contributed by atoms with Crippen molar-refractivity contribution in [1.29, 1.82) is 0 Å². The molecule has 0 radical (unpaired) electrons. The van der Waals surface area contributed by atoms with Crippen LogP contribution in [0.25, 0.3) is 0 Å². The van der Waals surface area contributed by atoms with Gasteiger partial charge in [0.2, 0.25) is 0 Å². The summed E-state index contributed by atoms with van der Waals surface area (Å²) in [5, 5.41) is -0.376. The van der Waals surface area contributed by atoms with E-state index in [0.29, 0.717) is 23.7 Å². The highest BCUT2D eigenvalue weighted by molar-refractivity contribution is 7.99. The van der Waals surface area contributed by atoms with Crippen molar-refractivity contribution < 1.29 is 32.2 Å². The van der Waals surface area contributed by atoms with Crippen LogP contribution in [0.1, 0.15) is 18.1 Å². The smallest absolute Gasteiger partial charge is 0.417 e. The van der Waals surface area contributed by atoms with E-state index in [-0.39, 0.29) is 24.0 Å². The van der Waals surface area contributed by atoms with Crippen molar-refractivity contribution in [2.45, 2.75) is 24.9 Å². The fourth-order valence-corrected chi connectivity index (χ4v) is 3.54. The highest BCUT2D eigenvalue weighted by atomic mass is 35.5. The molecule has 0 fully saturated rings. The molecule has 31 heavy (non-hydrogen) atoms. The minimum absolute atomic E-state index is 0.0711. The molecule has 2 aromatic rings. The van der Waals surface area contributed by atoms with Crippen LogP contribution in [0.2, 0.25) is 5.02 Å². The van der Waals surface area contributed by atoms with Gasteiger partial charge in [-0.1, -0.05) is 18.2 Å². The number of halogens is 4. The van der Waals surface area contributed by atoms with Gasteiger partial charge in [-0.3, -0.25) is 0 Å². The second kappa shape index (κ2) is 11.3. The van der Waals surface area contributed by atoms with Gasteiger partial charge in [0.25, 0.3) is 0 Å². The SMILES string of the molecule is C=C(COc1ccc(Cl)c(C(F)(F)F)c1)CSc1ccc(OCC(=O)OCC)c(C)c1. The van der Waals surface area contributed by atoms with Crippen molar-refractivity contribution in [3.05, 3.63) is 64.7 Å². The Hall–Kier alpha value is -2.32. The van der Waals surface area contributed by atoms with Gasteiger partial charge in [-0.25, -0.2) is 4.79 Å². The van der Waals surface area contributed by atoms with E-state index in [4.69, 9.17) is 25.8 Å². The summed E-state index contributed by atoms with van der Waals surface area (Å²) in [7, 11) is 0. The topological polar surface area (TPSA) is 44.8 Å². The molecule has 0 heterocycles. The number of hydrogen-bond donors (Lipinski definition) is 0. The zero-order chi connectivity index (χ0) is 23.0. The van der Waals surface area contributed by atoms with Crippen LogP contribution in [0, 0.1) is 6.92 Å². The molecule has 0 amide bonds. The van der Waals surface area contributed by atoms with E-state index in [2.05, 4.69) is 6.58 Å². The highest BCUT2D eigenvalue weighted by Crippen LogP contribution is 2.36. The summed E-state index contributed by atoms with van der Waals surface area (Å²) in [6.45, 7) is 7.71. The molecule has 0 aromatic heterocycles. The molecule has 0 bridgehead atoms. The zero-order valence-electron chi connectivity index (χ0n) is 17.1. The van der Waals surface area contributed by atoms with Crippen molar-refractivity contribution in [2.24, 2.45) is 0 Å². The van der Waals surface area contributed by atoms with Gasteiger partial charge >= 0.3 is 12.1 Å². The molecular formula is C22H22ClF3O4S. The first-order valence-electron chi connectivity index (χ1n) is 9.28. The number of aryl methyl sites for hydroxylation is 1. The standard InChI is InChI=1S/C22H22ClF3O4S/c1-4-28-21(27)12-30-20-8-6-17(9-15(20)3)31-13-14(2)11-29-16-5-7-19(23)18(10-16)22(24,25)26/h5-10H,2,4,11-13H2,1,3H3. The fourth-order valence-electron chi connectivity index (χ4n) is 2.44. The second-order valence-corrected chi connectivity index (χ2v) is 7.94. The Morgan fingerprint density at radius 1 is 1.13 bits per heavy atom. The molecule has 0 spiro atoms. The first-order valence-corrected chi connectivity index (χ1v) is 10.6. The average molecular weight is 475 g/mol.